The van der Waals surface area contributed by atoms with Gasteiger partial charge in [-0.1, -0.05) is 32.1 Å². The number of hydrogen-bond donors (Lipinski definition) is 1. The van der Waals surface area contributed by atoms with Crippen LogP contribution < -0.4 is 5.73 Å². The van der Waals surface area contributed by atoms with Gasteiger partial charge in [0.15, 0.2) is 0 Å². The van der Waals surface area contributed by atoms with Gasteiger partial charge in [-0.15, -0.1) is 0 Å². The molecule has 1 unspecified atom stereocenters. The minimum absolute atomic E-state index is 0.162. The van der Waals surface area contributed by atoms with Crippen LogP contribution >= 0.6 is 0 Å². The molecule has 0 amide bonds. The highest BCUT2D eigenvalue weighted by Gasteiger charge is 2.33. The van der Waals surface area contributed by atoms with E-state index in [1.807, 2.05) is 0 Å². The van der Waals surface area contributed by atoms with Gasteiger partial charge >= 0.3 is 0 Å². The van der Waals surface area contributed by atoms with Gasteiger partial charge < -0.3 is 10.5 Å². The Morgan fingerprint density at radius 1 is 1.22 bits per heavy atom. The third kappa shape index (κ3) is 6.64. The van der Waals surface area contributed by atoms with Crippen LogP contribution in [0.15, 0.2) is 0 Å². The summed E-state index contributed by atoms with van der Waals surface area (Å²) in [4.78, 5) is 0. The van der Waals surface area contributed by atoms with Gasteiger partial charge in [-0.3, -0.25) is 0 Å². The van der Waals surface area contributed by atoms with Crippen molar-refractivity contribution < 1.29 is 13.5 Å². The van der Waals surface area contributed by atoms with E-state index in [2.05, 4.69) is 0 Å². The Morgan fingerprint density at radius 2 is 1.83 bits per heavy atom. The van der Waals surface area contributed by atoms with E-state index in [0.29, 0.717) is 5.92 Å². The zero-order chi connectivity index (χ0) is 13.6. The summed E-state index contributed by atoms with van der Waals surface area (Å²) in [5.74, 6) is -2.24. The Morgan fingerprint density at radius 3 is 2.39 bits per heavy atom. The third-order valence-corrected chi connectivity index (χ3v) is 3.55. The first-order chi connectivity index (χ1) is 8.39. The van der Waals surface area contributed by atoms with Crippen molar-refractivity contribution in [1.82, 2.24) is 0 Å². The highest BCUT2D eigenvalue weighted by molar-refractivity contribution is 4.78. The quantitative estimate of drug-likeness (QED) is 0.759. The van der Waals surface area contributed by atoms with E-state index < -0.39 is 18.6 Å². The summed E-state index contributed by atoms with van der Waals surface area (Å²) in [6.07, 6.45) is 6.36. The molecule has 1 fully saturated rings. The molecule has 1 aliphatic carbocycles. The molecular formula is C14H27F2NO. The SMILES string of the molecule is CC(C)OCC(F)(F)CC(N)CC1CCCCC1. The first-order valence-electron chi connectivity index (χ1n) is 7.14. The molecule has 4 heteroatoms. The number of hydrogen-bond acceptors (Lipinski definition) is 2. The highest BCUT2D eigenvalue weighted by Crippen LogP contribution is 2.30. The summed E-state index contributed by atoms with van der Waals surface area (Å²) in [5.41, 5.74) is 5.86. The lowest BCUT2D eigenvalue weighted by molar-refractivity contribution is -0.101. The number of nitrogens with two attached hydrogens (primary N) is 1. The van der Waals surface area contributed by atoms with Crippen LogP contribution in [0.3, 0.4) is 0 Å². The van der Waals surface area contributed by atoms with Crippen LogP contribution in [-0.2, 0) is 4.74 Å². The monoisotopic (exact) mass is 263 g/mol. The van der Waals surface area contributed by atoms with Crippen molar-refractivity contribution >= 4 is 0 Å². The molecule has 1 atom stereocenters. The van der Waals surface area contributed by atoms with E-state index in [9.17, 15) is 8.78 Å². The van der Waals surface area contributed by atoms with Crippen molar-refractivity contribution in [2.24, 2.45) is 11.7 Å². The zero-order valence-corrected chi connectivity index (χ0v) is 11.6. The van der Waals surface area contributed by atoms with Gasteiger partial charge in [-0.2, -0.15) is 0 Å². The second kappa shape index (κ2) is 7.39. The van der Waals surface area contributed by atoms with Crippen molar-refractivity contribution in [2.45, 2.75) is 76.9 Å². The van der Waals surface area contributed by atoms with Gasteiger partial charge in [-0.05, 0) is 26.2 Å². The maximum Gasteiger partial charge on any atom is 0.272 e. The summed E-state index contributed by atoms with van der Waals surface area (Å²) < 4.78 is 32.2. The molecular weight excluding hydrogens is 236 g/mol. The van der Waals surface area contributed by atoms with Crippen molar-refractivity contribution in [1.29, 1.82) is 0 Å². The maximum absolute atomic E-state index is 13.6. The Labute approximate surface area is 109 Å². The fraction of sp³-hybridized carbons (Fsp3) is 1.00. The number of ether oxygens (including phenoxy) is 1. The van der Waals surface area contributed by atoms with Crippen molar-refractivity contribution in [3.63, 3.8) is 0 Å². The summed E-state index contributed by atoms with van der Waals surface area (Å²) in [6.45, 7) is 3.01. The van der Waals surface area contributed by atoms with Crippen molar-refractivity contribution in [2.75, 3.05) is 6.61 Å². The lowest BCUT2D eigenvalue weighted by Crippen LogP contribution is -2.36. The zero-order valence-electron chi connectivity index (χ0n) is 11.6. The van der Waals surface area contributed by atoms with Gasteiger partial charge in [0.05, 0.1) is 6.10 Å². The molecule has 0 saturated heterocycles. The Balaban J connectivity index is 2.26. The first-order valence-corrected chi connectivity index (χ1v) is 7.14. The van der Waals surface area contributed by atoms with E-state index in [4.69, 9.17) is 10.5 Å². The molecule has 1 saturated carbocycles. The molecule has 0 radical (unpaired) electrons. The third-order valence-electron chi connectivity index (χ3n) is 3.55. The minimum Gasteiger partial charge on any atom is -0.373 e. The minimum atomic E-state index is -2.79. The van der Waals surface area contributed by atoms with Crippen LogP contribution in [0.25, 0.3) is 0 Å². The molecule has 0 aromatic rings. The van der Waals surface area contributed by atoms with Crippen LogP contribution in [0.5, 0.6) is 0 Å². The highest BCUT2D eigenvalue weighted by atomic mass is 19.3. The van der Waals surface area contributed by atoms with Crippen molar-refractivity contribution in [3.8, 4) is 0 Å². The van der Waals surface area contributed by atoms with Gasteiger partial charge in [-0.25, -0.2) is 8.78 Å². The van der Waals surface area contributed by atoms with E-state index in [0.717, 1.165) is 19.3 Å². The van der Waals surface area contributed by atoms with E-state index in [-0.39, 0.29) is 12.5 Å². The van der Waals surface area contributed by atoms with Crippen LogP contribution in [0, 0.1) is 5.92 Å². The van der Waals surface area contributed by atoms with Crippen LogP contribution in [0.2, 0.25) is 0 Å². The predicted octanol–water partition coefficient (Wildman–Crippen LogP) is 3.73. The summed E-state index contributed by atoms with van der Waals surface area (Å²) in [7, 11) is 0. The molecule has 18 heavy (non-hydrogen) atoms. The van der Waals surface area contributed by atoms with Crippen LogP contribution in [0.1, 0.15) is 58.8 Å². The molecule has 0 bridgehead atoms. The molecule has 0 aromatic carbocycles. The van der Waals surface area contributed by atoms with Gasteiger partial charge in [0, 0.05) is 12.5 Å². The topological polar surface area (TPSA) is 35.2 Å². The van der Waals surface area contributed by atoms with Crippen LogP contribution in [0.4, 0.5) is 8.78 Å². The lowest BCUT2D eigenvalue weighted by atomic mass is 9.84. The van der Waals surface area contributed by atoms with Gasteiger partial charge in [0.25, 0.3) is 5.92 Å². The molecule has 0 heterocycles. The van der Waals surface area contributed by atoms with E-state index in [1.165, 1.54) is 19.3 Å². The molecule has 0 aliphatic heterocycles. The van der Waals surface area contributed by atoms with E-state index >= 15 is 0 Å². The average Bonchev–Trinajstić information content (AvgIpc) is 2.27. The van der Waals surface area contributed by atoms with Gasteiger partial charge in [0.1, 0.15) is 6.61 Å². The molecule has 0 spiro atoms. The molecule has 108 valence electrons. The number of rotatable bonds is 7. The fourth-order valence-corrected chi connectivity index (χ4v) is 2.67. The second-order valence-electron chi connectivity index (χ2n) is 5.92. The molecule has 2 N–H and O–H groups in total. The first kappa shape index (κ1) is 15.8. The second-order valence-corrected chi connectivity index (χ2v) is 5.92. The fourth-order valence-electron chi connectivity index (χ4n) is 2.67. The maximum atomic E-state index is 13.6. The molecule has 0 aromatic heterocycles. The smallest absolute Gasteiger partial charge is 0.272 e. The normalized spacial score (nSPS) is 20.3. The molecule has 1 aliphatic rings. The van der Waals surface area contributed by atoms with E-state index in [1.54, 1.807) is 13.8 Å². The number of halogens is 2. The van der Waals surface area contributed by atoms with Gasteiger partial charge in [0.2, 0.25) is 0 Å². The Hall–Kier alpha value is -0.220. The van der Waals surface area contributed by atoms with Crippen LogP contribution in [-0.4, -0.2) is 24.7 Å². The Bertz CT molecular complexity index is 228. The molecule has 2 nitrogen and oxygen atoms in total. The summed E-state index contributed by atoms with van der Waals surface area (Å²) >= 11 is 0. The Kier molecular flexibility index (Phi) is 6.50. The predicted molar refractivity (Wildman–Crippen MR) is 69.8 cm³/mol. The largest absolute Gasteiger partial charge is 0.373 e. The average molecular weight is 263 g/mol. The number of alkyl halides is 2. The standard InChI is InChI=1S/C14H27F2NO/c1-11(2)18-10-14(15,16)9-13(17)8-12-6-4-3-5-7-12/h11-13H,3-10,17H2,1-2H3. The van der Waals surface area contributed by atoms with Crippen molar-refractivity contribution in [3.05, 3.63) is 0 Å². The summed E-state index contributed by atoms with van der Waals surface area (Å²) in [5, 5.41) is 0. The summed E-state index contributed by atoms with van der Waals surface area (Å²) in [6, 6.07) is -0.404. The lowest BCUT2D eigenvalue weighted by Gasteiger charge is -2.27. The molecule has 1 rings (SSSR count).